The van der Waals surface area contributed by atoms with Gasteiger partial charge in [0, 0.05) is 26.2 Å². The lowest BCUT2D eigenvalue weighted by molar-refractivity contribution is -0.0832. The molecule has 0 amide bonds. The zero-order chi connectivity index (χ0) is 13.7. The SMILES string of the molecule is COCC(C)OCC(O)CN1CCOC2CCCC21. The Hall–Kier alpha value is -0.200. The number of rotatable bonds is 7. The first-order valence-corrected chi connectivity index (χ1v) is 7.35. The van der Waals surface area contributed by atoms with E-state index in [1.165, 1.54) is 19.3 Å². The highest BCUT2D eigenvalue weighted by Crippen LogP contribution is 2.29. The molecule has 2 aliphatic rings. The average molecular weight is 273 g/mol. The van der Waals surface area contributed by atoms with E-state index < -0.39 is 6.10 Å². The molecule has 2 fully saturated rings. The highest BCUT2D eigenvalue weighted by atomic mass is 16.5. The Bertz CT molecular complexity index is 264. The second kappa shape index (κ2) is 7.55. The lowest BCUT2D eigenvalue weighted by Gasteiger charge is -2.38. The van der Waals surface area contributed by atoms with E-state index in [0.29, 0.717) is 31.9 Å². The molecule has 0 bridgehead atoms. The standard InChI is InChI=1S/C14H27NO4/c1-11(9-17-2)19-10-12(16)8-15-6-7-18-14-5-3-4-13(14)15/h11-14,16H,3-10H2,1-2H3. The van der Waals surface area contributed by atoms with E-state index in [-0.39, 0.29) is 6.10 Å². The summed E-state index contributed by atoms with van der Waals surface area (Å²) in [5.41, 5.74) is 0. The Morgan fingerprint density at radius 2 is 2.21 bits per heavy atom. The Balaban J connectivity index is 1.70. The summed E-state index contributed by atoms with van der Waals surface area (Å²) in [6.07, 6.45) is 3.58. The van der Waals surface area contributed by atoms with E-state index in [1.54, 1.807) is 7.11 Å². The summed E-state index contributed by atoms with van der Waals surface area (Å²) in [5, 5.41) is 10.1. The molecule has 0 radical (unpaired) electrons. The first-order valence-electron chi connectivity index (χ1n) is 7.35. The Morgan fingerprint density at radius 3 is 3.00 bits per heavy atom. The van der Waals surface area contributed by atoms with Gasteiger partial charge in [0.15, 0.2) is 0 Å². The van der Waals surface area contributed by atoms with Gasteiger partial charge in [-0.1, -0.05) is 0 Å². The van der Waals surface area contributed by atoms with Gasteiger partial charge in [0.05, 0.1) is 38.1 Å². The van der Waals surface area contributed by atoms with Crippen LogP contribution in [0.3, 0.4) is 0 Å². The predicted molar refractivity (Wildman–Crippen MR) is 72.2 cm³/mol. The van der Waals surface area contributed by atoms with Crippen molar-refractivity contribution in [2.24, 2.45) is 0 Å². The smallest absolute Gasteiger partial charge is 0.0900 e. The van der Waals surface area contributed by atoms with Gasteiger partial charge in [-0.3, -0.25) is 4.90 Å². The van der Waals surface area contributed by atoms with E-state index in [1.807, 2.05) is 6.92 Å². The van der Waals surface area contributed by atoms with Crippen molar-refractivity contribution in [3.05, 3.63) is 0 Å². The number of hydrogen-bond acceptors (Lipinski definition) is 5. The molecule has 0 aromatic rings. The fourth-order valence-corrected chi connectivity index (χ4v) is 3.11. The van der Waals surface area contributed by atoms with Gasteiger partial charge in [-0.05, 0) is 26.2 Å². The zero-order valence-corrected chi connectivity index (χ0v) is 12.1. The molecule has 1 saturated carbocycles. The highest BCUT2D eigenvalue weighted by molar-refractivity contribution is 4.90. The first-order chi connectivity index (χ1) is 9.20. The number of methoxy groups -OCH3 is 1. The summed E-state index contributed by atoms with van der Waals surface area (Å²) in [7, 11) is 1.66. The quantitative estimate of drug-likeness (QED) is 0.738. The predicted octanol–water partition coefficient (Wildman–Crippen LogP) is 0.652. The van der Waals surface area contributed by atoms with Crippen LogP contribution in [0.5, 0.6) is 0 Å². The molecule has 112 valence electrons. The molecule has 19 heavy (non-hydrogen) atoms. The van der Waals surface area contributed by atoms with Crippen molar-refractivity contribution in [3.8, 4) is 0 Å². The molecule has 1 saturated heterocycles. The molecular formula is C14H27NO4. The molecule has 1 aliphatic heterocycles. The van der Waals surface area contributed by atoms with Crippen LogP contribution in [-0.2, 0) is 14.2 Å². The van der Waals surface area contributed by atoms with Crippen molar-refractivity contribution in [1.82, 2.24) is 4.90 Å². The third-order valence-electron chi connectivity index (χ3n) is 4.02. The van der Waals surface area contributed by atoms with Crippen molar-refractivity contribution in [2.75, 3.05) is 40.0 Å². The van der Waals surface area contributed by atoms with Crippen LogP contribution in [0.25, 0.3) is 0 Å². The minimum Gasteiger partial charge on any atom is -0.389 e. The monoisotopic (exact) mass is 273 g/mol. The molecule has 1 N–H and O–H groups in total. The number of ether oxygens (including phenoxy) is 3. The summed E-state index contributed by atoms with van der Waals surface area (Å²) in [4.78, 5) is 2.37. The number of nitrogens with zero attached hydrogens (tertiary/aromatic N) is 1. The fraction of sp³-hybridized carbons (Fsp3) is 1.00. The van der Waals surface area contributed by atoms with Gasteiger partial charge in [-0.2, -0.15) is 0 Å². The van der Waals surface area contributed by atoms with Crippen molar-refractivity contribution in [2.45, 2.75) is 50.5 Å². The minimum atomic E-state index is -0.432. The van der Waals surface area contributed by atoms with Crippen molar-refractivity contribution in [1.29, 1.82) is 0 Å². The Morgan fingerprint density at radius 1 is 1.37 bits per heavy atom. The molecule has 1 aliphatic carbocycles. The fourth-order valence-electron chi connectivity index (χ4n) is 3.11. The molecule has 0 aromatic carbocycles. The molecule has 0 spiro atoms. The largest absolute Gasteiger partial charge is 0.389 e. The van der Waals surface area contributed by atoms with Crippen LogP contribution in [-0.4, -0.2) is 74.4 Å². The Labute approximate surface area is 115 Å². The van der Waals surface area contributed by atoms with Crippen LogP contribution in [0, 0.1) is 0 Å². The Kier molecular flexibility index (Phi) is 6.04. The maximum Gasteiger partial charge on any atom is 0.0900 e. The molecule has 5 heteroatoms. The topological polar surface area (TPSA) is 51.2 Å². The van der Waals surface area contributed by atoms with Crippen molar-refractivity contribution in [3.63, 3.8) is 0 Å². The molecule has 0 aromatic heterocycles. The molecule has 5 nitrogen and oxygen atoms in total. The van der Waals surface area contributed by atoms with Crippen LogP contribution < -0.4 is 0 Å². The third kappa shape index (κ3) is 4.39. The van der Waals surface area contributed by atoms with Crippen LogP contribution in [0.2, 0.25) is 0 Å². The van der Waals surface area contributed by atoms with E-state index in [4.69, 9.17) is 14.2 Å². The third-order valence-corrected chi connectivity index (χ3v) is 4.02. The summed E-state index contributed by atoms with van der Waals surface area (Å²) >= 11 is 0. The zero-order valence-electron chi connectivity index (χ0n) is 12.1. The van der Waals surface area contributed by atoms with Gasteiger partial charge in [-0.25, -0.2) is 0 Å². The first kappa shape index (κ1) is 15.2. The van der Waals surface area contributed by atoms with E-state index >= 15 is 0 Å². The summed E-state index contributed by atoms with van der Waals surface area (Å²) in [5.74, 6) is 0. The number of aliphatic hydroxyl groups excluding tert-OH is 1. The van der Waals surface area contributed by atoms with Gasteiger partial charge in [-0.15, -0.1) is 0 Å². The van der Waals surface area contributed by atoms with E-state index in [2.05, 4.69) is 4.90 Å². The lowest BCUT2D eigenvalue weighted by atomic mass is 10.1. The number of fused-ring (bicyclic) bond motifs is 1. The van der Waals surface area contributed by atoms with Crippen LogP contribution >= 0.6 is 0 Å². The van der Waals surface area contributed by atoms with Crippen LogP contribution in [0.15, 0.2) is 0 Å². The van der Waals surface area contributed by atoms with E-state index in [0.717, 1.165) is 13.2 Å². The highest BCUT2D eigenvalue weighted by Gasteiger charge is 2.36. The van der Waals surface area contributed by atoms with Crippen LogP contribution in [0.1, 0.15) is 26.2 Å². The average Bonchev–Trinajstić information content (AvgIpc) is 2.86. The lowest BCUT2D eigenvalue weighted by Crippen LogP contribution is -2.51. The van der Waals surface area contributed by atoms with Gasteiger partial charge in [0.25, 0.3) is 0 Å². The minimum absolute atomic E-state index is 0.0311. The number of morpholine rings is 1. The maximum absolute atomic E-state index is 10.1. The van der Waals surface area contributed by atoms with Gasteiger partial charge < -0.3 is 19.3 Å². The number of hydrogen-bond donors (Lipinski definition) is 1. The summed E-state index contributed by atoms with van der Waals surface area (Å²) in [6, 6.07) is 0.500. The number of β-amino-alcohol motifs (C(OH)–C–C–N with tert-alkyl or cyclic N) is 1. The van der Waals surface area contributed by atoms with Crippen molar-refractivity contribution >= 4 is 0 Å². The molecule has 4 unspecified atom stereocenters. The second-order valence-corrected chi connectivity index (χ2v) is 5.66. The molecule has 1 heterocycles. The van der Waals surface area contributed by atoms with Crippen molar-refractivity contribution < 1.29 is 19.3 Å². The molecule has 4 atom stereocenters. The maximum atomic E-state index is 10.1. The molecule has 2 rings (SSSR count). The second-order valence-electron chi connectivity index (χ2n) is 5.66. The van der Waals surface area contributed by atoms with E-state index in [9.17, 15) is 5.11 Å². The number of aliphatic hydroxyl groups is 1. The molecular weight excluding hydrogens is 246 g/mol. The summed E-state index contributed by atoms with van der Waals surface area (Å²) in [6.45, 7) is 5.29. The normalized spacial score (nSPS) is 31.1. The van der Waals surface area contributed by atoms with Gasteiger partial charge in [0.1, 0.15) is 0 Å². The van der Waals surface area contributed by atoms with Gasteiger partial charge in [0.2, 0.25) is 0 Å². The summed E-state index contributed by atoms with van der Waals surface area (Å²) < 4.78 is 16.3. The van der Waals surface area contributed by atoms with Gasteiger partial charge >= 0.3 is 0 Å². The van der Waals surface area contributed by atoms with Crippen LogP contribution in [0.4, 0.5) is 0 Å².